The standard InChI is InChI=1S/C17H18Cl/c1-17(2,15-6-4-3-5-7-15)13-12-14-8-10-16(18)11-9-14/h3-11H,1,12-13H2,2H3/t17-/m0/s1. The SMILES string of the molecule is [CH2][C@](C)(CCc1ccc(Cl)cc1)c1ccccc1. The molecule has 0 N–H and O–H groups in total. The van der Waals surface area contributed by atoms with Gasteiger partial charge in [0.2, 0.25) is 0 Å². The normalized spacial score (nSPS) is 11.5. The number of aryl methyl sites for hydroxylation is 1. The van der Waals surface area contributed by atoms with E-state index in [1.165, 1.54) is 11.1 Å². The number of hydrogen-bond donors (Lipinski definition) is 0. The predicted molar refractivity (Wildman–Crippen MR) is 78.9 cm³/mol. The van der Waals surface area contributed by atoms with Gasteiger partial charge in [-0.3, -0.25) is 0 Å². The quantitative estimate of drug-likeness (QED) is 0.718. The van der Waals surface area contributed by atoms with Gasteiger partial charge in [0.05, 0.1) is 0 Å². The first-order valence-electron chi connectivity index (χ1n) is 6.23. The van der Waals surface area contributed by atoms with Gasteiger partial charge in [-0.2, -0.15) is 0 Å². The highest BCUT2D eigenvalue weighted by molar-refractivity contribution is 6.30. The molecule has 0 aromatic heterocycles. The number of hydrogen-bond acceptors (Lipinski definition) is 0. The van der Waals surface area contributed by atoms with E-state index < -0.39 is 0 Å². The van der Waals surface area contributed by atoms with Crippen LogP contribution in [0.15, 0.2) is 54.6 Å². The Morgan fingerprint density at radius 1 is 1.00 bits per heavy atom. The molecule has 18 heavy (non-hydrogen) atoms. The molecule has 0 unspecified atom stereocenters. The Hall–Kier alpha value is -1.27. The molecule has 0 aliphatic carbocycles. The van der Waals surface area contributed by atoms with E-state index in [-0.39, 0.29) is 5.41 Å². The third-order valence-corrected chi connectivity index (χ3v) is 3.60. The Kier molecular flexibility index (Phi) is 4.08. The number of rotatable bonds is 4. The van der Waals surface area contributed by atoms with Gasteiger partial charge in [-0.15, -0.1) is 0 Å². The summed E-state index contributed by atoms with van der Waals surface area (Å²) in [5.41, 5.74) is 2.56. The summed E-state index contributed by atoms with van der Waals surface area (Å²) in [5.74, 6) is 0. The van der Waals surface area contributed by atoms with Crippen molar-refractivity contribution in [3.05, 3.63) is 77.7 Å². The molecule has 0 amide bonds. The molecule has 2 aromatic carbocycles. The Bertz CT molecular complexity index is 483. The highest BCUT2D eigenvalue weighted by atomic mass is 35.5. The van der Waals surface area contributed by atoms with Gasteiger partial charge < -0.3 is 0 Å². The second kappa shape index (κ2) is 5.58. The van der Waals surface area contributed by atoms with Crippen LogP contribution in [0.3, 0.4) is 0 Å². The molecule has 0 bridgehead atoms. The van der Waals surface area contributed by atoms with Gasteiger partial charge in [0, 0.05) is 5.02 Å². The van der Waals surface area contributed by atoms with Crippen LogP contribution in [-0.2, 0) is 11.8 Å². The maximum Gasteiger partial charge on any atom is 0.0406 e. The molecular formula is C17H18Cl. The topological polar surface area (TPSA) is 0 Å². The van der Waals surface area contributed by atoms with E-state index in [1.54, 1.807) is 0 Å². The summed E-state index contributed by atoms with van der Waals surface area (Å²) >= 11 is 5.89. The van der Waals surface area contributed by atoms with E-state index >= 15 is 0 Å². The fourth-order valence-electron chi connectivity index (χ4n) is 2.06. The van der Waals surface area contributed by atoms with Crippen molar-refractivity contribution in [1.29, 1.82) is 0 Å². The molecule has 0 fully saturated rings. The van der Waals surface area contributed by atoms with Crippen molar-refractivity contribution in [1.82, 2.24) is 0 Å². The van der Waals surface area contributed by atoms with E-state index in [0.29, 0.717) is 0 Å². The zero-order valence-corrected chi connectivity index (χ0v) is 11.5. The van der Waals surface area contributed by atoms with Crippen LogP contribution in [0.25, 0.3) is 0 Å². The fourth-order valence-corrected chi connectivity index (χ4v) is 2.18. The van der Waals surface area contributed by atoms with Crippen molar-refractivity contribution < 1.29 is 0 Å². The molecule has 2 aromatic rings. The van der Waals surface area contributed by atoms with Crippen molar-refractivity contribution in [2.75, 3.05) is 0 Å². The van der Waals surface area contributed by atoms with Crippen molar-refractivity contribution in [3.8, 4) is 0 Å². The Morgan fingerprint density at radius 2 is 1.61 bits per heavy atom. The van der Waals surface area contributed by atoms with Gasteiger partial charge in [0.25, 0.3) is 0 Å². The first kappa shape index (κ1) is 13.2. The van der Waals surface area contributed by atoms with Crippen molar-refractivity contribution in [2.24, 2.45) is 0 Å². The summed E-state index contributed by atoms with van der Waals surface area (Å²) < 4.78 is 0. The fraction of sp³-hybridized carbons (Fsp3) is 0.235. The molecule has 0 aliphatic rings. The van der Waals surface area contributed by atoms with Crippen LogP contribution in [-0.4, -0.2) is 0 Å². The van der Waals surface area contributed by atoms with Gasteiger partial charge >= 0.3 is 0 Å². The van der Waals surface area contributed by atoms with Gasteiger partial charge in [-0.05, 0) is 48.4 Å². The minimum Gasteiger partial charge on any atom is -0.0843 e. The van der Waals surface area contributed by atoms with Crippen LogP contribution in [0.5, 0.6) is 0 Å². The van der Waals surface area contributed by atoms with Gasteiger partial charge in [0.1, 0.15) is 0 Å². The Balaban J connectivity index is 2.03. The molecular weight excluding hydrogens is 240 g/mol. The number of halogens is 1. The maximum atomic E-state index is 5.89. The van der Waals surface area contributed by atoms with E-state index in [9.17, 15) is 0 Å². The van der Waals surface area contributed by atoms with E-state index in [0.717, 1.165) is 17.9 Å². The van der Waals surface area contributed by atoms with Crippen LogP contribution in [0.2, 0.25) is 5.02 Å². The Labute approximate surface area is 115 Å². The largest absolute Gasteiger partial charge is 0.0843 e. The van der Waals surface area contributed by atoms with E-state index in [4.69, 9.17) is 11.6 Å². The van der Waals surface area contributed by atoms with Crippen LogP contribution in [0.4, 0.5) is 0 Å². The molecule has 0 heterocycles. The molecule has 93 valence electrons. The second-order valence-electron chi connectivity index (χ2n) is 5.05. The summed E-state index contributed by atoms with van der Waals surface area (Å²) in [4.78, 5) is 0. The van der Waals surface area contributed by atoms with E-state index in [1.807, 2.05) is 18.2 Å². The molecule has 2 rings (SSSR count). The molecule has 0 aliphatic heterocycles. The van der Waals surface area contributed by atoms with Gasteiger partial charge in [0.15, 0.2) is 0 Å². The lowest BCUT2D eigenvalue weighted by Crippen LogP contribution is -2.18. The van der Waals surface area contributed by atoms with Crippen LogP contribution < -0.4 is 0 Å². The third kappa shape index (κ3) is 3.36. The summed E-state index contributed by atoms with van der Waals surface area (Å²) in [6.07, 6.45) is 2.05. The van der Waals surface area contributed by atoms with Crippen molar-refractivity contribution >= 4 is 11.6 Å². The highest BCUT2D eigenvalue weighted by Gasteiger charge is 2.19. The zero-order valence-electron chi connectivity index (χ0n) is 10.7. The lowest BCUT2D eigenvalue weighted by Gasteiger charge is -2.25. The van der Waals surface area contributed by atoms with Crippen molar-refractivity contribution in [3.63, 3.8) is 0 Å². The monoisotopic (exact) mass is 257 g/mol. The van der Waals surface area contributed by atoms with Crippen LogP contribution >= 0.6 is 11.6 Å². The molecule has 0 saturated carbocycles. The molecule has 1 radical (unpaired) electrons. The average molecular weight is 258 g/mol. The van der Waals surface area contributed by atoms with Crippen LogP contribution in [0.1, 0.15) is 24.5 Å². The highest BCUT2D eigenvalue weighted by Crippen LogP contribution is 2.28. The Morgan fingerprint density at radius 3 is 2.22 bits per heavy atom. The van der Waals surface area contributed by atoms with E-state index in [2.05, 4.69) is 50.2 Å². The lowest BCUT2D eigenvalue weighted by molar-refractivity contribution is 0.535. The van der Waals surface area contributed by atoms with Crippen LogP contribution in [0, 0.1) is 6.92 Å². The summed E-state index contributed by atoms with van der Waals surface area (Å²) in [7, 11) is 0. The average Bonchev–Trinajstić information content (AvgIpc) is 2.39. The predicted octanol–water partition coefficient (Wildman–Crippen LogP) is 5.06. The van der Waals surface area contributed by atoms with Crippen molar-refractivity contribution in [2.45, 2.75) is 25.2 Å². The molecule has 1 atom stereocenters. The first-order valence-corrected chi connectivity index (χ1v) is 6.61. The summed E-state index contributed by atoms with van der Waals surface area (Å²) in [6.45, 7) is 6.54. The molecule has 0 spiro atoms. The summed E-state index contributed by atoms with van der Waals surface area (Å²) in [5, 5.41) is 0.791. The zero-order chi connectivity index (χ0) is 13.0. The molecule has 0 nitrogen and oxygen atoms in total. The van der Waals surface area contributed by atoms with Gasteiger partial charge in [-0.25, -0.2) is 0 Å². The second-order valence-corrected chi connectivity index (χ2v) is 5.49. The maximum absolute atomic E-state index is 5.89. The number of benzene rings is 2. The lowest BCUT2D eigenvalue weighted by atomic mass is 9.80. The summed E-state index contributed by atoms with van der Waals surface area (Å²) in [6, 6.07) is 18.5. The third-order valence-electron chi connectivity index (χ3n) is 3.35. The smallest absolute Gasteiger partial charge is 0.0406 e. The molecule has 0 saturated heterocycles. The minimum atomic E-state index is -0.0408. The van der Waals surface area contributed by atoms with Gasteiger partial charge in [-0.1, -0.05) is 61.0 Å². The molecule has 1 heteroatoms. The first-order chi connectivity index (χ1) is 8.58. The minimum absolute atomic E-state index is 0.0408.